The van der Waals surface area contributed by atoms with Crippen molar-refractivity contribution < 1.29 is 99.6 Å². The summed E-state index contributed by atoms with van der Waals surface area (Å²) in [4.78, 5) is -2.33. The molecule has 0 spiro atoms. The molecule has 0 fully saturated rings. The van der Waals surface area contributed by atoms with Gasteiger partial charge in [-0.1, -0.05) is 18.2 Å². The van der Waals surface area contributed by atoms with Gasteiger partial charge >= 0.3 is 65.3 Å². The predicted octanol–water partition coefficient (Wildman–Crippen LogP) is 1.79. The van der Waals surface area contributed by atoms with Gasteiger partial charge in [0.05, 0.1) is 4.90 Å². The van der Waals surface area contributed by atoms with E-state index in [1.54, 1.807) is 0 Å². The van der Waals surface area contributed by atoms with Crippen molar-refractivity contribution in [1.82, 2.24) is 0 Å². The summed E-state index contributed by atoms with van der Waals surface area (Å²) < 4.78 is 202. The van der Waals surface area contributed by atoms with Gasteiger partial charge in [0.1, 0.15) is 10.1 Å². The van der Waals surface area contributed by atoms with E-state index in [1.165, 1.54) is 0 Å². The zero-order valence-corrected chi connectivity index (χ0v) is 16.7. The summed E-state index contributed by atoms with van der Waals surface area (Å²) in [6.45, 7) is 0. The minimum Gasteiger partial charge on any atom is -0.744 e. The van der Waals surface area contributed by atoms with Crippen molar-refractivity contribution in [1.29, 1.82) is 0 Å². The van der Waals surface area contributed by atoms with Gasteiger partial charge < -0.3 is 4.55 Å². The Morgan fingerprint density at radius 3 is 1.37 bits per heavy atom. The first kappa shape index (κ1) is 29.2. The molecular weight excluding hydrogens is 494 g/mol. The largest absolute Gasteiger partial charge is 1.00 e. The van der Waals surface area contributed by atoms with Gasteiger partial charge in [-0.3, -0.25) is 0 Å². The SMILES string of the molecule is O=S(=O)([O-])c1ccccc1C(F)(F)C(F)(F)C(F)(F)C(F)(F)C(F)(F)C(F)(F)F.[Na+]. The monoisotopic (exact) mass is 498 g/mol. The Bertz CT molecular complexity index is 880. The molecule has 0 bridgehead atoms. The normalized spacial score (nSPS) is 15.0. The van der Waals surface area contributed by atoms with Crippen LogP contribution in [0.25, 0.3) is 0 Å². The second kappa shape index (κ2) is 7.97. The third-order valence-corrected chi connectivity index (χ3v) is 4.32. The van der Waals surface area contributed by atoms with Crippen LogP contribution >= 0.6 is 0 Å². The van der Waals surface area contributed by atoms with Crippen molar-refractivity contribution in [3.63, 3.8) is 0 Å². The number of hydrogen-bond donors (Lipinski definition) is 0. The van der Waals surface area contributed by atoms with Crippen LogP contribution in [0, 0.1) is 0 Å². The average Bonchev–Trinajstić information content (AvgIpc) is 2.52. The molecule has 0 amide bonds. The fourth-order valence-corrected chi connectivity index (χ4v) is 2.59. The quantitative estimate of drug-likeness (QED) is 0.342. The van der Waals surface area contributed by atoms with E-state index in [0.717, 1.165) is 0 Å². The molecule has 3 nitrogen and oxygen atoms in total. The van der Waals surface area contributed by atoms with E-state index in [9.17, 15) is 70.0 Å². The Kier molecular flexibility index (Phi) is 7.76. The Morgan fingerprint density at radius 1 is 0.633 bits per heavy atom. The van der Waals surface area contributed by atoms with Gasteiger partial charge in [-0.05, 0) is 6.07 Å². The van der Waals surface area contributed by atoms with Gasteiger partial charge in [-0.2, -0.15) is 57.1 Å². The minimum atomic E-state index is -8.13. The number of benzene rings is 1. The maximum Gasteiger partial charge on any atom is 1.00 e. The summed E-state index contributed by atoms with van der Waals surface area (Å²) in [7, 11) is -6.13. The number of hydrogen-bond acceptors (Lipinski definition) is 3. The number of rotatable bonds is 6. The maximum absolute atomic E-state index is 13.9. The summed E-state index contributed by atoms with van der Waals surface area (Å²) in [6.07, 6.45) is -7.57. The molecule has 30 heavy (non-hydrogen) atoms. The molecule has 168 valence electrons. The zero-order chi connectivity index (χ0) is 23.5. The third-order valence-electron chi connectivity index (χ3n) is 3.43. The molecule has 1 aromatic carbocycles. The van der Waals surface area contributed by atoms with Crippen LogP contribution in [0.5, 0.6) is 0 Å². The van der Waals surface area contributed by atoms with Crippen LogP contribution < -0.4 is 29.6 Å². The third kappa shape index (κ3) is 4.14. The Balaban J connectivity index is 0.00000841. The summed E-state index contributed by atoms with van der Waals surface area (Å²) in [5, 5.41) is 0. The second-order valence-electron chi connectivity index (χ2n) is 5.32. The first-order valence-electron chi connectivity index (χ1n) is 6.49. The van der Waals surface area contributed by atoms with Gasteiger partial charge in [0.15, 0.2) is 0 Å². The van der Waals surface area contributed by atoms with Crippen LogP contribution in [0.1, 0.15) is 5.56 Å². The van der Waals surface area contributed by atoms with Crippen LogP contribution in [0.15, 0.2) is 29.2 Å². The summed E-state index contributed by atoms with van der Waals surface area (Å²) >= 11 is 0. The topological polar surface area (TPSA) is 57.2 Å². The molecule has 0 aliphatic heterocycles. The van der Waals surface area contributed by atoms with E-state index in [1.807, 2.05) is 0 Å². The molecule has 0 aliphatic rings. The van der Waals surface area contributed by atoms with Crippen LogP contribution in [0.2, 0.25) is 0 Å². The van der Waals surface area contributed by atoms with Crippen molar-refractivity contribution in [2.24, 2.45) is 0 Å². The standard InChI is InChI=1S/C12H5F13O3S.Na/c13-7(14,5-3-1-2-4-6(5)29(26,27)28)8(15,16)9(17,18)10(19,20)11(21,22)12(23,24)25;/h1-4H,(H,26,27,28);/q;+1/p-1. The first-order valence-corrected chi connectivity index (χ1v) is 7.90. The van der Waals surface area contributed by atoms with Crippen molar-refractivity contribution in [3.05, 3.63) is 29.8 Å². The summed E-state index contributed by atoms with van der Waals surface area (Å²) in [5.74, 6) is -38.7. The first-order chi connectivity index (χ1) is 12.5. The summed E-state index contributed by atoms with van der Waals surface area (Å²) in [5.41, 5.74) is -2.83. The van der Waals surface area contributed by atoms with Crippen LogP contribution in [-0.2, 0) is 16.0 Å². The molecule has 0 heterocycles. The Morgan fingerprint density at radius 2 is 1.00 bits per heavy atom. The van der Waals surface area contributed by atoms with E-state index >= 15 is 0 Å². The minimum absolute atomic E-state index is 0. The smallest absolute Gasteiger partial charge is 0.744 e. The van der Waals surface area contributed by atoms with Crippen molar-refractivity contribution in [2.45, 2.75) is 40.7 Å². The van der Waals surface area contributed by atoms with Crippen molar-refractivity contribution in [2.75, 3.05) is 0 Å². The average molecular weight is 498 g/mol. The molecule has 0 saturated carbocycles. The molecule has 0 aliphatic carbocycles. The van der Waals surface area contributed by atoms with Gasteiger partial charge in [0.2, 0.25) is 0 Å². The molecule has 0 saturated heterocycles. The molecule has 1 aromatic rings. The predicted molar refractivity (Wildman–Crippen MR) is 64.1 cm³/mol. The molecule has 0 atom stereocenters. The molecular formula is C12H4F13NaO3S. The van der Waals surface area contributed by atoms with Crippen LogP contribution in [0.4, 0.5) is 57.1 Å². The van der Waals surface area contributed by atoms with E-state index < -0.39 is 62.4 Å². The van der Waals surface area contributed by atoms with Crippen LogP contribution in [-0.4, -0.2) is 42.8 Å². The molecule has 0 N–H and O–H groups in total. The Labute approximate surface area is 180 Å². The molecule has 1 rings (SSSR count). The maximum atomic E-state index is 13.9. The van der Waals surface area contributed by atoms with E-state index in [0.29, 0.717) is 6.07 Å². The fourth-order valence-electron chi connectivity index (χ4n) is 1.88. The molecule has 0 aromatic heterocycles. The molecule has 0 unspecified atom stereocenters. The zero-order valence-electron chi connectivity index (χ0n) is 13.9. The summed E-state index contributed by atoms with van der Waals surface area (Å²) in [6, 6.07) is 0.124. The van der Waals surface area contributed by atoms with E-state index in [-0.39, 0.29) is 41.7 Å². The van der Waals surface area contributed by atoms with E-state index in [2.05, 4.69) is 0 Å². The van der Waals surface area contributed by atoms with Gasteiger partial charge in [0.25, 0.3) is 0 Å². The van der Waals surface area contributed by atoms with Crippen LogP contribution in [0.3, 0.4) is 0 Å². The van der Waals surface area contributed by atoms with Crippen molar-refractivity contribution in [3.8, 4) is 0 Å². The molecule has 0 radical (unpaired) electrons. The number of halogens is 13. The van der Waals surface area contributed by atoms with Gasteiger partial charge in [-0.25, -0.2) is 8.42 Å². The van der Waals surface area contributed by atoms with Gasteiger partial charge in [-0.15, -0.1) is 0 Å². The van der Waals surface area contributed by atoms with Gasteiger partial charge in [0, 0.05) is 5.56 Å². The second-order valence-corrected chi connectivity index (χ2v) is 6.67. The number of alkyl halides is 13. The van der Waals surface area contributed by atoms with Crippen molar-refractivity contribution >= 4 is 10.1 Å². The Hall–Kier alpha value is -0.780. The van der Waals surface area contributed by atoms with E-state index in [4.69, 9.17) is 0 Å². The fraction of sp³-hybridized carbons (Fsp3) is 0.500. The molecule has 18 heteroatoms.